The predicted molar refractivity (Wildman–Crippen MR) is 102 cm³/mol. The quantitative estimate of drug-likeness (QED) is 0.378. The van der Waals surface area contributed by atoms with Gasteiger partial charge in [-0.2, -0.15) is 0 Å². The third-order valence-corrected chi connectivity index (χ3v) is 1.71. The summed E-state index contributed by atoms with van der Waals surface area (Å²) >= 11 is 0. The molecule has 0 saturated carbocycles. The zero-order chi connectivity index (χ0) is 20.0. The van der Waals surface area contributed by atoms with E-state index < -0.39 is 0 Å². The van der Waals surface area contributed by atoms with E-state index in [-0.39, 0.29) is 13.2 Å². The van der Waals surface area contributed by atoms with Gasteiger partial charge in [0.25, 0.3) is 0 Å². The average molecular weight is 369 g/mol. The van der Waals surface area contributed by atoms with Crippen LogP contribution in [0.15, 0.2) is 25.3 Å². The number of ether oxygens (including phenoxy) is 5. The van der Waals surface area contributed by atoms with Crippen molar-refractivity contribution < 1.29 is 33.9 Å². The van der Waals surface area contributed by atoms with E-state index in [4.69, 9.17) is 24.4 Å². The Kier molecular flexibility index (Phi) is 55.6. The summed E-state index contributed by atoms with van der Waals surface area (Å²) in [6.45, 7) is 14.6. The molecule has 0 radical (unpaired) electrons. The van der Waals surface area contributed by atoms with Crippen molar-refractivity contribution in [3.05, 3.63) is 25.3 Å². The Hall–Kier alpha value is -0.800. The maximum absolute atomic E-state index is 8.36. The van der Waals surface area contributed by atoms with Crippen molar-refractivity contribution in [2.75, 3.05) is 80.3 Å². The second-order valence-electron chi connectivity index (χ2n) is 4.09. The summed E-state index contributed by atoms with van der Waals surface area (Å²) in [5.41, 5.74) is 0. The summed E-state index contributed by atoms with van der Waals surface area (Å²) in [5, 5.41) is 16.7. The van der Waals surface area contributed by atoms with Gasteiger partial charge in [-0.15, -0.1) is 13.2 Å². The fourth-order valence-corrected chi connectivity index (χ4v) is 0.838. The minimum absolute atomic E-state index is 0.0413. The second kappa shape index (κ2) is 43.6. The Morgan fingerprint density at radius 1 is 0.600 bits per heavy atom. The van der Waals surface area contributed by atoms with Gasteiger partial charge >= 0.3 is 0 Å². The highest BCUT2D eigenvalue weighted by Gasteiger charge is 1.89. The summed E-state index contributed by atoms with van der Waals surface area (Å²) in [4.78, 5) is 0. The van der Waals surface area contributed by atoms with Crippen LogP contribution in [0.5, 0.6) is 0 Å². The van der Waals surface area contributed by atoms with Crippen LogP contribution in [0.1, 0.15) is 13.8 Å². The molecule has 0 atom stereocenters. The van der Waals surface area contributed by atoms with Gasteiger partial charge in [0.2, 0.25) is 0 Å². The van der Waals surface area contributed by atoms with Gasteiger partial charge in [0.05, 0.1) is 66.1 Å². The van der Waals surface area contributed by atoms with Crippen LogP contribution in [-0.4, -0.2) is 90.5 Å². The van der Waals surface area contributed by atoms with Crippen molar-refractivity contribution in [3.63, 3.8) is 0 Å². The number of allylic oxidation sites excluding steroid dienone is 2. The number of hydrogen-bond acceptors (Lipinski definition) is 7. The molecular weight excluding hydrogens is 328 g/mol. The van der Waals surface area contributed by atoms with Gasteiger partial charge in [0.1, 0.15) is 0 Å². The average Bonchev–Trinajstić information content (AvgIpc) is 2.60. The highest BCUT2D eigenvalue weighted by molar-refractivity contribution is 4.52. The molecule has 0 rings (SSSR count). The standard InChI is InChI=1S/C8H18O5.C4H10O2.2C3H6/c9-1-3-11-5-7-13-8-6-12-4-2-10;1-5-3-4-6-2;2*1-3-2/h9-10H,1-8H2;3-4H2,1-2H3;2*3H,1H2,2H3. The molecule has 0 aromatic heterocycles. The lowest BCUT2D eigenvalue weighted by Crippen LogP contribution is -2.11. The maximum Gasteiger partial charge on any atom is 0.0701 e. The van der Waals surface area contributed by atoms with E-state index >= 15 is 0 Å². The van der Waals surface area contributed by atoms with Crippen molar-refractivity contribution in [2.45, 2.75) is 13.8 Å². The molecule has 0 unspecified atom stereocenters. The first-order chi connectivity index (χ1) is 12.2. The number of aliphatic hydroxyl groups excluding tert-OH is 2. The molecule has 7 heteroatoms. The monoisotopic (exact) mass is 368 g/mol. The zero-order valence-corrected chi connectivity index (χ0v) is 16.6. The summed E-state index contributed by atoms with van der Waals surface area (Å²) in [6, 6.07) is 0. The Morgan fingerprint density at radius 2 is 0.840 bits per heavy atom. The highest BCUT2D eigenvalue weighted by Crippen LogP contribution is 1.80. The lowest BCUT2D eigenvalue weighted by atomic mass is 10.7. The van der Waals surface area contributed by atoms with E-state index in [0.717, 1.165) is 0 Å². The predicted octanol–water partition coefficient (Wildman–Crippen LogP) is 1.68. The van der Waals surface area contributed by atoms with E-state index in [1.54, 1.807) is 26.4 Å². The molecule has 2 N–H and O–H groups in total. The van der Waals surface area contributed by atoms with Crippen LogP contribution >= 0.6 is 0 Å². The molecule has 0 amide bonds. The van der Waals surface area contributed by atoms with Crippen LogP contribution in [0.4, 0.5) is 0 Å². The molecule has 7 nitrogen and oxygen atoms in total. The van der Waals surface area contributed by atoms with Gasteiger partial charge in [-0.3, -0.25) is 0 Å². The molecule has 0 spiro atoms. The van der Waals surface area contributed by atoms with Crippen molar-refractivity contribution in [1.29, 1.82) is 0 Å². The van der Waals surface area contributed by atoms with Crippen LogP contribution in [0, 0.1) is 0 Å². The molecule has 0 aromatic carbocycles. The first-order valence-electron chi connectivity index (χ1n) is 8.23. The van der Waals surface area contributed by atoms with Gasteiger partial charge < -0.3 is 33.9 Å². The SMILES string of the molecule is C=CC.C=CC.COCCOC.OCCOCCOCCOCCO. The summed E-state index contributed by atoms with van der Waals surface area (Å²) in [5.74, 6) is 0. The van der Waals surface area contributed by atoms with Gasteiger partial charge in [-0.05, 0) is 13.8 Å². The lowest BCUT2D eigenvalue weighted by Gasteiger charge is -2.04. The minimum atomic E-state index is 0.0413. The molecule has 25 heavy (non-hydrogen) atoms. The first kappa shape index (κ1) is 31.9. The van der Waals surface area contributed by atoms with Gasteiger partial charge in [0, 0.05) is 14.2 Å². The summed E-state index contributed by atoms with van der Waals surface area (Å²) < 4.78 is 24.3. The van der Waals surface area contributed by atoms with Gasteiger partial charge in [0.15, 0.2) is 0 Å². The molecule has 0 aliphatic rings. The molecule has 0 aromatic rings. The van der Waals surface area contributed by atoms with Gasteiger partial charge in [-0.25, -0.2) is 0 Å². The topological polar surface area (TPSA) is 86.6 Å². The largest absolute Gasteiger partial charge is 0.394 e. The molecular formula is C18H40O7. The minimum Gasteiger partial charge on any atom is -0.394 e. The Morgan fingerprint density at radius 3 is 1.04 bits per heavy atom. The number of aliphatic hydroxyl groups is 2. The van der Waals surface area contributed by atoms with E-state index in [1.165, 1.54) is 0 Å². The van der Waals surface area contributed by atoms with Gasteiger partial charge in [-0.1, -0.05) is 12.2 Å². The Bertz CT molecular complexity index is 182. The van der Waals surface area contributed by atoms with Crippen LogP contribution in [0.2, 0.25) is 0 Å². The third kappa shape index (κ3) is 70.1. The van der Waals surface area contributed by atoms with E-state index in [9.17, 15) is 0 Å². The molecule has 0 fully saturated rings. The normalized spacial score (nSPS) is 8.72. The fourth-order valence-electron chi connectivity index (χ4n) is 0.838. The molecule has 154 valence electrons. The number of methoxy groups -OCH3 is 2. The molecule has 0 aliphatic carbocycles. The van der Waals surface area contributed by atoms with E-state index in [2.05, 4.69) is 22.6 Å². The molecule has 0 saturated heterocycles. The van der Waals surface area contributed by atoms with Crippen molar-refractivity contribution in [1.82, 2.24) is 0 Å². The second-order valence-corrected chi connectivity index (χ2v) is 4.09. The Labute approximate surface area is 154 Å². The fraction of sp³-hybridized carbons (Fsp3) is 0.778. The first-order valence-corrected chi connectivity index (χ1v) is 8.23. The molecule has 0 heterocycles. The molecule has 0 bridgehead atoms. The van der Waals surface area contributed by atoms with Crippen LogP contribution in [-0.2, 0) is 23.7 Å². The highest BCUT2D eigenvalue weighted by atomic mass is 16.5. The smallest absolute Gasteiger partial charge is 0.0701 e. The Balaban J connectivity index is -0.000000152. The van der Waals surface area contributed by atoms with E-state index in [0.29, 0.717) is 52.9 Å². The maximum atomic E-state index is 8.36. The zero-order valence-electron chi connectivity index (χ0n) is 16.6. The number of rotatable bonds is 13. The summed E-state index contributed by atoms with van der Waals surface area (Å²) in [7, 11) is 3.30. The van der Waals surface area contributed by atoms with Crippen molar-refractivity contribution in [2.24, 2.45) is 0 Å². The summed E-state index contributed by atoms with van der Waals surface area (Å²) in [6.07, 6.45) is 3.50. The molecule has 0 aliphatic heterocycles. The van der Waals surface area contributed by atoms with Crippen LogP contribution in [0.25, 0.3) is 0 Å². The van der Waals surface area contributed by atoms with Crippen LogP contribution < -0.4 is 0 Å². The number of hydrogen-bond donors (Lipinski definition) is 2. The van der Waals surface area contributed by atoms with E-state index in [1.807, 2.05) is 13.8 Å². The van der Waals surface area contributed by atoms with Crippen LogP contribution in [0.3, 0.4) is 0 Å². The lowest BCUT2D eigenvalue weighted by molar-refractivity contribution is 0.00230. The van der Waals surface area contributed by atoms with Crippen molar-refractivity contribution in [3.8, 4) is 0 Å². The third-order valence-electron chi connectivity index (χ3n) is 1.71. The van der Waals surface area contributed by atoms with Crippen molar-refractivity contribution >= 4 is 0 Å².